The van der Waals surface area contributed by atoms with Crippen LogP contribution in [0.3, 0.4) is 0 Å². The van der Waals surface area contributed by atoms with E-state index >= 15 is 0 Å². The van der Waals surface area contributed by atoms with Crippen LogP contribution in [0.4, 0.5) is 0 Å². The van der Waals surface area contributed by atoms with E-state index in [-0.39, 0.29) is 0 Å². The molecule has 2 rings (SSSR count). The van der Waals surface area contributed by atoms with Crippen molar-refractivity contribution in [3.63, 3.8) is 0 Å². The first-order chi connectivity index (χ1) is 4.47. The first-order valence-corrected chi connectivity index (χ1v) is 2.62. The van der Waals surface area contributed by atoms with Gasteiger partial charge in [0.05, 0.1) is 6.33 Å². The van der Waals surface area contributed by atoms with Crippen LogP contribution in [0, 0.1) is 6.07 Å². The lowest BCUT2D eigenvalue weighted by atomic mass is 10.4. The standard InChI is InChI=1S/C6H4N3/c1-2-5-6(7-3-1)9-4-8-5/h2-4H,(H,7,8,9). The highest BCUT2D eigenvalue weighted by Gasteiger charge is 1.90. The van der Waals surface area contributed by atoms with E-state index in [0.717, 1.165) is 11.2 Å². The van der Waals surface area contributed by atoms with Crippen molar-refractivity contribution in [1.29, 1.82) is 0 Å². The average Bonchev–Trinajstić information content (AvgIpc) is 2.33. The number of fused-ring (bicyclic) bond motifs is 1. The largest absolute Gasteiger partial charge is 0.329 e. The first-order valence-electron chi connectivity index (χ1n) is 2.62. The van der Waals surface area contributed by atoms with Crippen molar-refractivity contribution in [2.45, 2.75) is 0 Å². The molecular weight excluding hydrogens is 114 g/mol. The third-order valence-corrected chi connectivity index (χ3v) is 1.14. The van der Waals surface area contributed by atoms with Gasteiger partial charge in [-0.2, -0.15) is 0 Å². The summed E-state index contributed by atoms with van der Waals surface area (Å²) in [5, 5.41) is 0. The molecule has 0 bridgehead atoms. The quantitative estimate of drug-likeness (QED) is 0.554. The highest BCUT2D eigenvalue weighted by molar-refractivity contribution is 5.68. The molecule has 0 atom stereocenters. The minimum atomic E-state index is 0.814. The first kappa shape index (κ1) is 4.49. The fourth-order valence-corrected chi connectivity index (χ4v) is 0.725. The predicted octanol–water partition coefficient (Wildman–Crippen LogP) is 0.758. The molecular formula is C6H4N3. The van der Waals surface area contributed by atoms with Gasteiger partial charge in [-0.1, -0.05) is 0 Å². The smallest absolute Gasteiger partial charge is 0.157 e. The highest BCUT2D eigenvalue weighted by atomic mass is 14.9. The second-order valence-corrected chi connectivity index (χ2v) is 1.71. The lowest BCUT2D eigenvalue weighted by Gasteiger charge is -1.80. The van der Waals surface area contributed by atoms with E-state index in [4.69, 9.17) is 0 Å². The van der Waals surface area contributed by atoms with E-state index in [1.54, 1.807) is 18.6 Å². The second-order valence-electron chi connectivity index (χ2n) is 1.71. The van der Waals surface area contributed by atoms with Crippen LogP contribution in [0.1, 0.15) is 0 Å². The van der Waals surface area contributed by atoms with Crippen molar-refractivity contribution >= 4 is 11.2 Å². The summed E-state index contributed by atoms with van der Waals surface area (Å²) in [6.07, 6.45) is 3.23. The number of hydrogen-bond acceptors (Lipinski definition) is 2. The molecule has 3 nitrogen and oxygen atoms in total. The van der Waals surface area contributed by atoms with Gasteiger partial charge in [0.1, 0.15) is 5.52 Å². The Morgan fingerprint density at radius 2 is 2.44 bits per heavy atom. The summed E-state index contributed by atoms with van der Waals surface area (Å²) in [5.41, 5.74) is 1.67. The zero-order valence-corrected chi connectivity index (χ0v) is 4.63. The van der Waals surface area contributed by atoms with Gasteiger partial charge in [-0.05, 0) is 6.07 Å². The Bertz CT molecular complexity index is 282. The van der Waals surface area contributed by atoms with Crippen LogP contribution in [-0.2, 0) is 0 Å². The molecule has 0 aliphatic heterocycles. The summed E-state index contributed by atoms with van der Waals surface area (Å²) in [7, 11) is 0. The Morgan fingerprint density at radius 3 is 3.33 bits per heavy atom. The van der Waals surface area contributed by atoms with Gasteiger partial charge in [0.2, 0.25) is 0 Å². The van der Waals surface area contributed by atoms with Crippen LogP contribution < -0.4 is 0 Å². The Hall–Kier alpha value is -1.38. The normalized spacial score (nSPS) is 10.2. The van der Waals surface area contributed by atoms with Gasteiger partial charge in [-0.15, -0.1) is 0 Å². The fourth-order valence-electron chi connectivity index (χ4n) is 0.725. The van der Waals surface area contributed by atoms with Crippen molar-refractivity contribution < 1.29 is 0 Å². The molecule has 0 unspecified atom stereocenters. The number of H-pyrrole nitrogens is 1. The maximum Gasteiger partial charge on any atom is 0.157 e. The molecule has 0 fully saturated rings. The minimum Gasteiger partial charge on any atom is -0.329 e. The van der Waals surface area contributed by atoms with Crippen LogP contribution in [0.25, 0.3) is 11.2 Å². The molecule has 2 aromatic heterocycles. The van der Waals surface area contributed by atoms with Crippen molar-refractivity contribution in [2.24, 2.45) is 0 Å². The average molecular weight is 118 g/mol. The predicted molar refractivity (Wildman–Crippen MR) is 32.7 cm³/mol. The van der Waals surface area contributed by atoms with Crippen molar-refractivity contribution in [1.82, 2.24) is 15.0 Å². The van der Waals surface area contributed by atoms with Crippen LogP contribution in [0.5, 0.6) is 0 Å². The molecule has 2 heterocycles. The molecule has 0 aliphatic rings. The van der Waals surface area contributed by atoms with E-state index in [1.807, 2.05) is 0 Å². The van der Waals surface area contributed by atoms with E-state index in [0.29, 0.717) is 0 Å². The molecule has 0 amide bonds. The summed E-state index contributed by atoms with van der Waals surface area (Å²) in [4.78, 5) is 10.8. The minimum absolute atomic E-state index is 0.814. The van der Waals surface area contributed by atoms with Gasteiger partial charge in [0.15, 0.2) is 5.65 Å². The number of aromatic amines is 1. The van der Waals surface area contributed by atoms with Crippen LogP contribution >= 0.6 is 0 Å². The Kier molecular flexibility index (Phi) is 0.773. The Labute approximate surface area is 51.8 Å². The number of pyridine rings is 1. The van der Waals surface area contributed by atoms with Gasteiger partial charge >= 0.3 is 0 Å². The van der Waals surface area contributed by atoms with E-state index in [2.05, 4.69) is 21.0 Å². The van der Waals surface area contributed by atoms with Gasteiger partial charge in [0.25, 0.3) is 0 Å². The molecule has 0 aromatic carbocycles. The highest BCUT2D eigenvalue weighted by Crippen LogP contribution is 2.00. The topological polar surface area (TPSA) is 41.6 Å². The molecule has 2 aromatic rings. The Morgan fingerprint density at radius 1 is 1.44 bits per heavy atom. The van der Waals surface area contributed by atoms with Gasteiger partial charge in [-0.25, -0.2) is 9.97 Å². The number of nitrogens with one attached hydrogen (secondary N) is 1. The number of rotatable bonds is 0. The van der Waals surface area contributed by atoms with Crippen molar-refractivity contribution in [2.75, 3.05) is 0 Å². The summed E-state index contributed by atoms with van der Waals surface area (Å²) >= 11 is 0. The zero-order chi connectivity index (χ0) is 6.10. The number of nitrogens with zero attached hydrogens (tertiary/aromatic N) is 2. The summed E-state index contributed by atoms with van der Waals surface area (Å²) < 4.78 is 0. The Balaban J connectivity index is 2.95. The summed E-state index contributed by atoms with van der Waals surface area (Å²) in [6.45, 7) is 0. The second kappa shape index (κ2) is 1.55. The third kappa shape index (κ3) is 0.579. The summed E-state index contributed by atoms with van der Waals surface area (Å²) in [6, 6.07) is 4.62. The zero-order valence-electron chi connectivity index (χ0n) is 4.63. The molecule has 0 spiro atoms. The molecule has 9 heavy (non-hydrogen) atoms. The van der Waals surface area contributed by atoms with E-state index in [1.165, 1.54) is 0 Å². The van der Waals surface area contributed by atoms with Crippen molar-refractivity contribution in [3.8, 4) is 0 Å². The third-order valence-electron chi connectivity index (χ3n) is 1.14. The summed E-state index contributed by atoms with van der Waals surface area (Å²) in [5.74, 6) is 0. The maximum absolute atomic E-state index is 3.97. The van der Waals surface area contributed by atoms with Crippen LogP contribution in [0.15, 0.2) is 18.6 Å². The SMILES string of the molecule is [c]1cnc2[nH]cnc2c1. The van der Waals surface area contributed by atoms with Crippen LogP contribution in [-0.4, -0.2) is 15.0 Å². The van der Waals surface area contributed by atoms with E-state index < -0.39 is 0 Å². The van der Waals surface area contributed by atoms with E-state index in [9.17, 15) is 0 Å². The fraction of sp³-hybridized carbons (Fsp3) is 0. The molecule has 3 heteroatoms. The molecule has 0 saturated heterocycles. The molecule has 1 N–H and O–H groups in total. The number of aromatic nitrogens is 3. The van der Waals surface area contributed by atoms with Crippen molar-refractivity contribution in [3.05, 3.63) is 24.7 Å². The molecule has 43 valence electrons. The lowest BCUT2D eigenvalue weighted by Crippen LogP contribution is -1.72. The van der Waals surface area contributed by atoms with Gasteiger partial charge in [-0.3, -0.25) is 0 Å². The molecule has 0 saturated carbocycles. The number of hydrogen-bond donors (Lipinski definition) is 1. The van der Waals surface area contributed by atoms with Gasteiger partial charge in [0, 0.05) is 12.3 Å². The number of imidazole rings is 1. The van der Waals surface area contributed by atoms with Crippen LogP contribution in [0.2, 0.25) is 0 Å². The molecule has 0 aliphatic carbocycles. The monoisotopic (exact) mass is 118 g/mol. The maximum atomic E-state index is 3.97. The lowest BCUT2D eigenvalue weighted by molar-refractivity contribution is 1.30. The van der Waals surface area contributed by atoms with Gasteiger partial charge < -0.3 is 4.98 Å². The molecule has 1 radical (unpaired) electrons.